The molecule has 0 spiro atoms. The number of amides is 1. The molecule has 0 unspecified atom stereocenters. The lowest BCUT2D eigenvalue weighted by molar-refractivity contribution is -0.121. The molecule has 0 radical (unpaired) electrons. The third-order valence-electron chi connectivity index (χ3n) is 3.19. The zero-order valence-electron chi connectivity index (χ0n) is 12.7. The molecule has 1 aromatic heterocycles. The number of nitrogens with one attached hydrogen (secondary N) is 1. The predicted octanol–water partition coefficient (Wildman–Crippen LogP) is 1.96. The Kier molecular flexibility index (Phi) is 6.35. The Balaban J connectivity index is 1.58. The van der Waals surface area contributed by atoms with E-state index in [1.165, 1.54) is 22.8 Å². The van der Waals surface area contributed by atoms with Crippen molar-refractivity contribution in [3.05, 3.63) is 64.8 Å². The first kappa shape index (κ1) is 16.7. The third kappa shape index (κ3) is 5.94. The molecule has 2 aromatic rings. The summed E-state index contributed by atoms with van der Waals surface area (Å²) in [6.07, 6.45) is 3.11. The summed E-state index contributed by atoms with van der Waals surface area (Å²) in [4.78, 5) is 23.2. The first-order chi connectivity index (χ1) is 11.1. The van der Waals surface area contributed by atoms with E-state index >= 15 is 0 Å². The largest absolute Gasteiger partial charge is 0.494 e. The Labute approximate surface area is 133 Å². The highest BCUT2D eigenvalue weighted by Crippen LogP contribution is 2.11. The van der Waals surface area contributed by atoms with E-state index in [1.54, 1.807) is 30.5 Å². The van der Waals surface area contributed by atoms with Crippen LogP contribution in [0.15, 0.2) is 53.5 Å². The Bertz CT molecular complexity index is 683. The van der Waals surface area contributed by atoms with Crippen molar-refractivity contribution >= 4 is 5.91 Å². The van der Waals surface area contributed by atoms with E-state index in [9.17, 15) is 14.0 Å². The van der Waals surface area contributed by atoms with Crippen LogP contribution in [-0.2, 0) is 11.3 Å². The molecule has 0 atom stereocenters. The highest BCUT2D eigenvalue weighted by molar-refractivity contribution is 5.75. The van der Waals surface area contributed by atoms with Crippen molar-refractivity contribution in [3.63, 3.8) is 0 Å². The van der Waals surface area contributed by atoms with Crippen LogP contribution in [0.2, 0.25) is 0 Å². The van der Waals surface area contributed by atoms with Gasteiger partial charge in [-0.25, -0.2) is 4.39 Å². The van der Waals surface area contributed by atoms with E-state index in [-0.39, 0.29) is 23.8 Å². The topological polar surface area (TPSA) is 60.3 Å². The number of rotatable bonds is 8. The average molecular weight is 318 g/mol. The third-order valence-corrected chi connectivity index (χ3v) is 3.19. The number of unbranched alkanes of at least 4 members (excludes halogenated alkanes) is 1. The minimum Gasteiger partial charge on any atom is -0.494 e. The molecule has 5 nitrogen and oxygen atoms in total. The normalized spacial score (nSPS) is 10.3. The van der Waals surface area contributed by atoms with Gasteiger partial charge in [-0.3, -0.25) is 9.59 Å². The lowest BCUT2D eigenvalue weighted by Crippen LogP contribution is -2.32. The smallest absolute Gasteiger partial charge is 0.250 e. The monoisotopic (exact) mass is 318 g/mol. The molecule has 0 saturated carbocycles. The fraction of sp³-hybridized carbons (Fsp3) is 0.294. The number of benzene rings is 1. The SMILES string of the molecule is O=C(Cn1ccccc1=O)NCCCCOc1ccc(F)cc1. The number of pyridine rings is 1. The summed E-state index contributed by atoms with van der Waals surface area (Å²) in [7, 11) is 0. The van der Waals surface area contributed by atoms with E-state index in [0.717, 1.165) is 12.8 Å². The molecule has 1 N–H and O–H groups in total. The number of nitrogens with zero attached hydrogens (tertiary/aromatic N) is 1. The predicted molar refractivity (Wildman–Crippen MR) is 84.8 cm³/mol. The van der Waals surface area contributed by atoms with Crippen LogP contribution in [0.4, 0.5) is 4.39 Å². The van der Waals surface area contributed by atoms with Gasteiger partial charge < -0.3 is 14.6 Å². The highest BCUT2D eigenvalue weighted by atomic mass is 19.1. The van der Waals surface area contributed by atoms with E-state index in [0.29, 0.717) is 18.9 Å². The minimum absolute atomic E-state index is 0.0196. The van der Waals surface area contributed by atoms with Gasteiger partial charge in [-0.05, 0) is 43.2 Å². The van der Waals surface area contributed by atoms with E-state index in [4.69, 9.17) is 4.74 Å². The van der Waals surface area contributed by atoms with Crippen LogP contribution >= 0.6 is 0 Å². The van der Waals surface area contributed by atoms with Gasteiger partial charge in [-0.1, -0.05) is 6.07 Å². The van der Waals surface area contributed by atoms with Crippen molar-refractivity contribution in [3.8, 4) is 5.75 Å². The lowest BCUT2D eigenvalue weighted by atomic mass is 10.3. The molecule has 0 saturated heterocycles. The second-order valence-electron chi connectivity index (χ2n) is 5.03. The molecule has 122 valence electrons. The molecular formula is C17H19FN2O3. The van der Waals surface area contributed by atoms with Gasteiger partial charge in [0, 0.05) is 18.8 Å². The second-order valence-corrected chi connectivity index (χ2v) is 5.03. The van der Waals surface area contributed by atoms with Gasteiger partial charge in [0.25, 0.3) is 5.56 Å². The first-order valence-electron chi connectivity index (χ1n) is 7.46. The summed E-state index contributed by atoms with van der Waals surface area (Å²) < 4.78 is 19.5. The van der Waals surface area contributed by atoms with Crippen LogP contribution in [-0.4, -0.2) is 23.6 Å². The first-order valence-corrected chi connectivity index (χ1v) is 7.46. The standard InChI is InChI=1S/C17H19FN2O3/c18-14-6-8-15(9-7-14)23-12-4-2-10-19-16(21)13-20-11-3-1-5-17(20)22/h1,3,5-9,11H,2,4,10,12-13H2,(H,19,21). The van der Waals surface area contributed by atoms with Gasteiger partial charge in [0.15, 0.2) is 0 Å². The number of halogens is 1. The summed E-state index contributed by atoms with van der Waals surface area (Å²) in [5, 5.41) is 2.76. The zero-order valence-corrected chi connectivity index (χ0v) is 12.7. The Morgan fingerprint density at radius 2 is 1.91 bits per heavy atom. The minimum atomic E-state index is -0.294. The molecule has 23 heavy (non-hydrogen) atoms. The summed E-state index contributed by atoms with van der Waals surface area (Å²) in [6.45, 7) is 1.04. The van der Waals surface area contributed by atoms with Gasteiger partial charge >= 0.3 is 0 Å². The number of ether oxygens (including phenoxy) is 1. The molecule has 0 aliphatic carbocycles. The van der Waals surface area contributed by atoms with E-state index in [2.05, 4.69) is 5.32 Å². The Hall–Kier alpha value is -2.63. The molecule has 0 aliphatic rings. The molecule has 2 rings (SSSR count). The molecule has 0 bridgehead atoms. The van der Waals surface area contributed by atoms with Crippen molar-refractivity contribution in [1.82, 2.24) is 9.88 Å². The molecule has 1 aromatic carbocycles. The summed E-state index contributed by atoms with van der Waals surface area (Å²) in [6, 6.07) is 10.6. The number of carbonyl (C=O) groups excluding carboxylic acids is 1. The maximum atomic E-state index is 12.7. The summed E-state index contributed by atoms with van der Waals surface area (Å²) in [5.41, 5.74) is -0.199. The lowest BCUT2D eigenvalue weighted by Gasteiger charge is -2.08. The Morgan fingerprint density at radius 1 is 1.13 bits per heavy atom. The van der Waals surface area contributed by atoms with Crippen LogP contribution in [0.1, 0.15) is 12.8 Å². The number of carbonyl (C=O) groups is 1. The molecule has 0 aliphatic heterocycles. The van der Waals surface area contributed by atoms with Crippen molar-refractivity contribution in [2.45, 2.75) is 19.4 Å². The van der Waals surface area contributed by atoms with Crippen molar-refractivity contribution in [2.75, 3.05) is 13.2 Å². The van der Waals surface area contributed by atoms with Crippen LogP contribution in [0.5, 0.6) is 5.75 Å². The molecule has 0 fully saturated rings. The molecule has 1 heterocycles. The number of aromatic nitrogens is 1. The quantitative estimate of drug-likeness (QED) is 0.757. The number of hydrogen-bond donors (Lipinski definition) is 1. The number of hydrogen-bond acceptors (Lipinski definition) is 3. The van der Waals surface area contributed by atoms with Crippen LogP contribution in [0, 0.1) is 5.82 Å². The Morgan fingerprint density at radius 3 is 2.65 bits per heavy atom. The average Bonchev–Trinajstić information content (AvgIpc) is 2.54. The summed E-state index contributed by atoms with van der Waals surface area (Å²) in [5.74, 6) is 0.134. The maximum Gasteiger partial charge on any atom is 0.250 e. The molecule has 6 heteroatoms. The van der Waals surface area contributed by atoms with Crippen molar-refractivity contribution in [2.24, 2.45) is 0 Å². The van der Waals surface area contributed by atoms with Gasteiger partial charge in [0.1, 0.15) is 18.1 Å². The molecular weight excluding hydrogens is 299 g/mol. The van der Waals surface area contributed by atoms with Gasteiger partial charge in [-0.2, -0.15) is 0 Å². The van der Waals surface area contributed by atoms with Crippen LogP contribution < -0.4 is 15.6 Å². The van der Waals surface area contributed by atoms with Gasteiger partial charge in [-0.15, -0.1) is 0 Å². The van der Waals surface area contributed by atoms with E-state index in [1.807, 2.05) is 0 Å². The maximum absolute atomic E-state index is 12.7. The highest BCUT2D eigenvalue weighted by Gasteiger charge is 2.03. The van der Waals surface area contributed by atoms with Gasteiger partial charge in [0.2, 0.25) is 5.91 Å². The zero-order chi connectivity index (χ0) is 16.5. The fourth-order valence-corrected chi connectivity index (χ4v) is 1.98. The summed E-state index contributed by atoms with van der Waals surface area (Å²) >= 11 is 0. The molecule has 1 amide bonds. The van der Waals surface area contributed by atoms with Crippen LogP contribution in [0.3, 0.4) is 0 Å². The van der Waals surface area contributed by atoms with Crippen molar-refractivity contribution < 1.29 is 13.9 Å². The van der Waals surface area contributed by atoms with Gasteiger partial charge in [0.05, 0.1) is 6.61 Å². The second kappa shape index (κ2) is 8.73. The van der Waals surface area contributed by atoms with Crippen molar-refractivity contribution in [1.29, 1.82) is 0 Å². The van der Waals surface area contributed by atoms with Crippen LogP contribution in [0.25, 0.3) is 0 Å². The fourth-order valence-electron chi connectivity index (χ4n) is 1.98. The van der Waals surface area contributed by atoms with E-state index < -0.39 is 0 Å².